The minimum Gasteiger partial charge on any atom is -0.258 e. The third-order valence-corrected chi connectivity index (χ3v) is 5.07. The molecule has 1 unspecified atom stereocenters. The second kappa shape index (κ2) is 5.48. The Kier molecular flexibility index (Phi) is 4.09. The number of nitro benzene ring substituents is 1. The van der Waals surface area contributed by atoms with Crippen LogP contribution in [0.1, 0.15) is 26.3 Å². The minimum absolute atomic E-state index is 0.0613. The van der Waals surface area contributed by atoms with Gasteiger partial charge in [0.25, 0.3) is 5.69 Å². The van der Waals surface area contributed by atoms with Gasteiger partial charge in [-0.3, -0.25) is 10.1 Å². The number of nitrogens with zero attached hydrogens (tertiary/aromatic N) is 2. The maximum Gasteiger partial charge on any atom is 0.295 e. The lowest BCUT2D eigenvalue weighted by molar-refractivity contribution is -0.383. The zero-order valence-corrected chi connectivity index (χ0v) is 13.3. The Balaban J connectivity index is 2.51. The molecule has 2 rings (SSSR count). The summed E-state index contributed by atoms with van der Waals surface area (Å²) in [6.45, 7) is 6.49. The Morgan fingerprint density at radius 3 is 2.65 bits per heavy atom. The summed E-state index contributed by atoms with van der Waals surface area (Å²) in [5.41, 5.74) is 1.72. The minimum atomic E-state index is -0.380. The quantitative estimate of drug-likeness (QED) is 0.471. The number of fused-ring (bicyclic) bond motifs is 1. The Morgan fingerprint density at radius 1 is 1.35 bits per heavy atom. The fraction of sp³-hybridized carbons (Fsp3) is 0.400. The number of pyridine rings is 1. The molecule has 1 aromatic carbocycles. The topological polar surface area (TPSA) is 56.0 Å². The van der Waals surface area contributed by atoms with E-state index in [1.54, 1.807) is 12.3 Å². The van der Waals surface area contributed by atoms with Crippen molar-refractivity contribution in [1.29, 1.82) is 0 Å². The number of alkyl halides is 1. The maximum atomic E-state index is 11.1. The third-order valence-electron chi connectivity index (χ3n) is 3.38. The predicted molar refractivity (Wildman–Crippen MR) is 84.3 cm³/mol. The summed E-state index contributed by atoms with van der Waals surface area (Å²) in [5, 5.41) is 11.9. The Morgan fingerprint density at radius 2 is 2.05 bits per heavy atom. The molecule has 0 aliphatic rings. The molecule has 106 valence electrons. The molecule has 0 N–H and O–H groups in total. The van der Waals surface area contributed by atoms with Crippen LogP contribution in [0, 0.1) is 15.5 Å². The summed E-state index contributed by atoms with van der Waals surface area (Å²) in [5.74, 6) is 0. The van der Waals surface area contributed by atoms with Gasteiger partial charge in [0.05, 0.1) is 4.92 Å². The lowest BCUT2D eigenvalue weighted by Crippen LogP contribution is -2.22. The van der Waals surface area contributed by atoms with Crippen LogP contribution in [0.25, 0.3) is 10.9 Å². The van der Waals surface area contributed by atoms with Crippen LogP contribution in [0.2, 0.25) is 0 Å². The third kappa shape index (κ3) is 2.98. The summed E-state index contributed by atoms with van der Waals surface area (Å²) in [6.07, 6.45) is 2.46. The van der Waals surface area contributed by atoms with Gasteiger partial charge in [-0.15, -0.1) is 0 Å². The molecule has 0 amide bonds. The predicted octanol–water partition coefficient (Wildman–Crippen LogP) is 4.50. The number of nitro groups is 1. The number of halogens is 1. The van der Waals surface area contributed by atoms with Gasteiger partial charge in [-0.1, -0.05) is 48.8 Å². The van der Waals surface area contributed by atoms with Crippen LogP contribution in [-0.2, 0) is 6.42 Å². The second-order valence-corrected chi connectivity index (χ2v) is 7.04. The van der Waals surface area contributed by atoms with Gasteiger partial charge in [0, 0.05) is 22.5 Å². The molecule has 1 atom stereocenters. The molecule has 5 heteroatoms. The van der Waals surface area contributed by atoms with Gasteiger partial charge in [-0.05, 0) is 23.5 Å². The average molecular weight is 337 g/mol. The molecule has 4 nitrogen and oxygen atoms in total. The zero-order valence-electron chi connectivity index (χ0n) is 11.8. The van der Waals surface area contributed by atoms with Gasteiger partial charge in [0.2, 0.25) is 0 Å². The van der Waals surface area contributed by atoms with Crippen LogP contribution in [0.5, 0.6) is 0 Å². The largest absolute Gasteiger partial charge is 0.295 e. The molecule has 0 bridgehead atoms. The normalized spacial score (nSPS) is 13.4. The Labute approximate surface area is 126 Å². The highest BCUT2D eigenvalue weighted by Crippen LogP contribution is 2.32. The van der Waals surface area contributed by atoms with Crippen molar-refractivity contribution < 1.29 is 4.92 Å². The van der Waals surface area contributed by atoms with E-state index in [1.807, 2.05) is 12.1 Å². The average Bonchev–Trinajstić information content (AvgIpc) is 2.37. The van der Waals surface area contributed by atoms with Crippen LogP contribution < -0.4 is 0 Å². The smallest absolute Gasteiger partial charge is 0.258 e. The first kappa shape index (κ1) is 14.9. The molecule has 1 aromatic heterocycles. The fourth-order valence-corrected chi connectivity index (χ4v) is 2.39. The van der Waals surface area contributed by atoms with Gasteiger partial charge in [0.15, 0.2) is 0 Å². The van der Waals surface area contributed by atoms with E-state index in [2.05, 4.69) is 41.7 Å². The van der Waals surface area contributed by atoms with E-state index in [0.29, 0.717) is 10.3 Å². The highest BCUT2D eigenvalue weighted by molar-refractivity contribution is 9.09. The SMILES string of the molecule is CC(C)(C)C(Br)Cc1ccnc2c([N+](=O)[O-])cccc12. The van der Waals surface area contributed by atoms with Crippen molar-refractivity contribution in [2.75, 3.05) is 0 Å². The second-order valence-electron chi connectivity index (χ2n) is 5.94. The van der Waals surface area contributed by atoms with Gasteiger partial charge in [-0.2, -0.15) is 0 Å². The highest BCUT2D eigenvalue weighted by atomic mass is 79.9. The van der Waals surface area contributed by atoms with Crippen molar-refractivity contribution in [2.24, 2.45) is 5.41 Å². The van der Waals surface area contributed by atoms with Crippen LogP contribution in [0.4, 0.5) is 5.69 Å². The van der Waals surface area contributed by atoms with Crippen LogP contribution >= 0.6 is 15.9 Å². The first-order valence-corrected chi connectivity index (χ1v) is 7.37. The number of hydrogen-bond acceptors (Lipinski definition) is 3. The van der Waals surface area contributed by atoms with Crippen LogP contribution in [0.15, 0.2) is 30.5 Å². The number of rotatable bonds is 3. The van der Waals surface area contributed by atoms with Gasteiger partial charge >= 0.3 is 0 Å². The Hall–Kier alpha value is -1.49. The molecular formula is C15H17BrN2O2. The molecule has 0 saturated carbocycles. The lowest BCUT2D eigenvalue weighted by atomic mass is 9.88. The van der Waals surface area contributed by atoms with E-state index in [4.69, 9.17) is 0 Å². The number of benzene rings is 1. The molecule has 0 aliphatic carbocycles. The van der Waals surface area contributed by atoms with Crippen molar-refractivity contribution >= 4 is 32.5 Å². The van der Waals surface area contributed by atoms with E-state index < -0.39 is 0 Å². The van der Waals surface area contributed by atoms with Crippen molar-refractivity contribution in [3.63, 3.8) is 0 Å². The standard InChI is InChI=1S/C15H17BrN2O2/c1-15(2,3)13(16)9-10-7-8-17-14-11(10)5-4-6-12(14)18(19)20/h4-8,13H,9H2,1-3H3. The maximum absolute atomic E-state index is 11.1. The number of aromatic nitrogens is 1. The van der Waals surface area contributed by atoms with Gasteiger partial charge in [-0.25, -0.2) is 4.98 Å². The molecule has 2 aromatic rings. The molecule has 0 radical (unpaired) electrons. The summed E-state index contributed by atoms with van der Waals surface area (Å²) in [4.78, 5) is 15.2. The van der Waals surface area contributed by atoms with E-state index in [9.17, 15) is 10.1 Å². The molecule has 0 fully saturated rings. The molecule has 0 aliphatic heterocycles. The van der Waals surface area contributed by atoms with Gasteiger partial charge < -0.3 is 0 Å². The Bertz CT molecular complexity index is 650. The summed E-state index contributed by atoms with van der Waals surface area (Å²) in [7, 11) is 0. The number of hydrogen-bond donors (Lipinski definition) is 0. The monoisotopic (exact) mass is 336 g/mol. The van der Waals surface area contributed by atoms with E-state index in [0.717, 1.165) is 17.4 Å². The summed E-state index contributed by atoms with van der Waals surface area (Å²) < 4.78 is 0. The zero-order chi connectivity index (χ0) is 14.9. The van der Waals surface area contributed by atoms with E-state index in [1.165, 1.54) is 6.07 Å². The first-order chi connectivity index (χ1) is 9.30. The molecule has 0 spiro atoms. The molecule has 1 heterocycles. The first-order valence-electron chi connectivity index (χ1n) is 6.46. The van der Waals surface area contributed by atoms with Crippen LogP contribution in [-0.4, -0.2) is 14.7 Å². The fourth-order valence-electron chi connectivity index (χ4n) is 2.04. The molecule has 0 saturated heterocycles. The number of para-hydroxylation sites is 1. The number of non-ortho nitro benzene ring substituents is 1. The molecular weight excluding hydrogens is 320 g/mol. The highest BCUT2D eigenvalue weighted by Gasteiger charge is 2.23. The molecule has 20 heavy (non-hydrogen) atoms. The lowest BCUT2D eigenvalue weighted by Gasteiger charge is -2.25. The summed E-state index contributed by atoms with van der Waals surface area (Å²) in [6, 6.07) is 7.04. The van der Waals surface area contributed by atoms with E-state index >= 15 is 0 Å². The van der Waals surface area contributed by atoms with Crippen molar-refractivity contribution in [2.45, 2.75) is 32.0 Å². The van der Waals surface area contributed by atoms with Crippen molar-refractivity contribution in [3.05, 3.63) is 46.1 Å². The summed E-state index contributed by atoms with van der Waals surface area (Å²) >= 11 is 3.71. The van der Waals surface area contributed by atoms with Crippen molar-refractivity contribution in [3.8, 4) is 0 Å². The van der Waals surface area contributed by atoms with Gasteiger partial charge in [0.1, 0.15) is 5.52 Å². The van der Waals surface area contributed by atoms with E-state index in [-0.39, 0.29) is 16.0 Å². The van der Waals surface area contributed by atoms with Crippen LogP contribution in [0.3, 0.4) is 0 Å². The van der Waals surface area contributed by atoms with Crippen molar-refractivity contribution in [1.82, 2.24) is 4.98 Å².